The number of carbonyl (C=O) groups excluding carboxylic acids is 1. The Bertz CT molecular complexity index is 763. The van der Waals surface area contributed by atoms with Crippen molar-refractivity contribution >= 4 is 17.3 Å². The van der Waals surface area contributed by atoms with Gasteiger partial charge in [-0.25, -0.2) is 0 Å². The molecule has 0 aliphatic carbocycles. The van der Waals surface area contributed by atoms with Crippen LogP contribution in [0.5, 0.6) is 5.75 Å². The molecule has 1 aliphatic heterocycles. The summed E-state index contributed by atoms with van der Waals surface area (Å²) in [6.07, 6.45) is 0.0293. The van der Waals surface area contributed by atoms with Gasteiger partial charge < -0.3 is 15.4 Å². The second-order valence-electron chi connectivity index (χ2n) is 6.84. The van der Waals surface area contributed by atoms with E-state index < -0.39 is 6.10 Å². The molecular formula is C20H24N2O2. The van der Waals surface area contributed by atoms with Crippen molar-refractivity contribution in [3.05, 3.63) is 53.1 Å². The third-order valence-corrected chi connectivity index (χ3v) is 4.24. The quantitative estimate of drug-likeness (QED) is 0.877. The zero-order chi connectivity index (χ0) is 17.4. The lowest BCUT2D eigenvalue weighted by atomic mass is 10.00. The summed E-state index contributed by atoms with van der Waals surface area (Å²) in [5, 5.41) is 0. The van der Waals surface area contributed by atoms with E-state index in [1.807, 2.05) is 24.8 Å². The molecular weight excluding hydrogens is 300 g/mol. The molecule has 1 unspecified atom stereocenters. The molecule has 2 aromatic carbocycles. The summed E-state index contributed by atoms with van der Waals surface area (Å²) < 4.78 is 6.02. The Balaban J connectivity index is 1.96. The van der Waals surface area contributed by atoms with Crippen LogP contribution in [0.1, 0.15) is 30.5 Å². The van der Waals surface area contributed by atoms with Crippen LogP contribution in [0, 0.1) is 13.8 Å². The molecule has 126 valence electrons. The first-order valence-electron chi connectivity index (χ1n) is 8.31. The summed E-state index contributed by atoms with van der Waals surface area (Å²) in [6.45, 7) is 8.15. The lowest BCUT2D eigenvalue weighted by Crippen LogP contribution is -2.50. The van der Waals surface area contributed by atoms with Crippen LogP contribution >= 0.6 is 0 Å². The molecule has 4 nitrogen and oxygen atoms in total. The van der Waals surface area contributed by atoms with Crippen molar-refractivity contribution in [2.75, 3.05) is 10.6 Å². The minimum Gasteiger partial charge on any atom is -0.478 e. The van der Waals surface area contributed by atoms with E-state index in [9.17, 15) is 4.79 Å². The number of nitrogens with two attached hydrogens (primary N) is 1. The van der Waals surface area contributed by atoms with E-state index >= 15 is 0 Å². The van der Waals surface area contributed by atoms with E-state index in [2.05, 4.69) is 32.0 Å². The lowest BCUT2D eigenvalue weighted by Gasteiger charge is -2.37. The van der Waals surface area contributed by atoms with E-state index in [1.54, 1.807) is 12.1 Å². The smallest absolute Gasteiger partial charge is 0.268 e. The molecule has 1 heterocycles. The number of hydrogen-bond donors (Lipinski definition) is 1. The third-order valence-electron chi connectivity index (χ3n) is 4.24. The highest BCUT2D eigenvalue weighted by Gasteiger charge is 2.35. The van der Waals surface area contributed by atoms with Crippen LogP contribution in [-0.4, -0.2) is 18.1 Å². The molecule has 2 N–H and O–H groups in total. The van der Waals surface area contributed by atoms with Crippen molar-refractivity contribution in [1.29, 1.82) is 0 Å². The normalized spacial score (nSPS) is 17.0. The predicted octanol–water partition coefficient (Wildman–Crippen LogP) is 3.63. The number of rotatable bonds is 3. The van der Waals surface area contributed by atoms with Gasteiger partial charge in [-0.3, -0.25) is 4.79 Å². The summed E-state index contributed by atoms with van der Waals surface area (Å²) in [6, 6.07) is 11.9. The molecule has 1 atom stereocenters. The fourth-order valence-corrected chi connectivity index (χ4v) is 3.36. The third kappa shape index (κ3) is 3.09. The zero-order valence-electron chi connectivity index (χ0n) is 14.7. The zero-order valence-corrected chi connectivity index (χ0v) is 14.7. The van der Waals surface area contributed by atoms with Gasteiger partial charge in [0, 0.05) is 24.2 Å². The first kappa shape index (κ1) is 16.4. The van der Waals surface area contributed by atoms with Crippen LogP contribution in [0.4, 0.5) is 11.4 Å². The van der Waals surface area contributed by atoms with E-state index in [0.29, 0.717) is 17.9 Å². The number of anilines is 2. The predicted molar refractivity (Wildman–Crippen MR) is 97.5 cm³/mol. The molecule has 24 heavy (non-hydrogen) atoms. The van der Waals surface area contributed by atoms with Gasteiger partial charge in [-0.05, 0) is 45.4 Å². The standard InChI is InChI=1S/C20H24N2O2/c1-12(2)22-17-6-5-16(21)11-18(17)24-19(20(22)23)10-15-8-13(3)7-14(4)9-15/h5-9,11-12,19H,10,21H2,1-4H3. The van der Waals surface area contributed by atoms with Crippen molar-refractivity contribution in [2.45, 2.75) is 46.3 Å². The monoisotopic (exact) mass is 324 g/mol. The van der Waals surface area contributed by atoms with E-state index in [0.717, 1.165) is 11.3 Å². The van der Waals surface area contributed by atoms with Crippen LogP contribution in [0.2, 0.25) is 0 Å². The van der Waals surface area contributed by atoms with Gasteiger partial charge in [0.25, 0.3) is 5.91 Å². The Hall–Kier alpha value is -2.49. The summed E-state index contributed by atoms with van der Waals surface area (Å²) in [5.41, 5.74) is 10.8. The number of carbonyl (C=O) groups is 1. The van der Waals surface area contributed by atoms with Gasteiger partial charge in [0.15, 0.2) is 6.10 Å². The van der Waals surface area contributed by atoms with Crippen molar-refractivity contribution in [1.82, 2.24) is 0 Å². The average Bonchev–Trinajstić information content (AvgIpc) is 2.47. The lowest BCUT2D eigenvalue weighted by molar-refractivity contribution is -0.126. The molecule has 0 saturated heterocycles. The number of fused-ring (bicyclic) bond motifs is 1. The van der Waals surface area contributed by atoms with Crippen LogP contribution in [0.3, 0.4) is 0 Å². The minimum atomic E-state index is -0.525. The Morgan fingerprint density at radius 1 is 1.12 bits per heavy atom. The molecule has 1 amide bonds. The molecule has 3 rings (SSSR count). The SMILES string of the molecule is Cc1cc(C)cc(CC2Oc3cc(N)ccc3N(C(C)C)C2=O)c1. The highest BCUT2D eigenvalue weighted by molar-refractivity contribution is 6.00. The van der Waals surface area contributed by atoms with Gasteiger partial charge in [0.05, 0.1) is 5.69 Å². The van der Waals surface area contributed by atoms with Crippen molar-refractivity contribution < 1.29 is 9.53 Å². The molecule has 0 spiro atoms. The first-order valence-corrected chi connectivity index (χ1v) is 8.31. The van der Waals surface area contributed by atoms with Crippen LogP contribution in [-0.2, 0) is 11.2 Å². The van der Waals surface area contributed by atoms with Crippen molar-refractivity contribution in [2.24, 2.45) is 0 Å². The summed E-state index contributed by atoms with van der Waals surface area (Å²) in [5.74, 6) is 0.680. The van der Waals surface area contributed by atoms with Crippen LogP contribution in [0.25, 0.3) is 0 Å². The summed E-state index contributed by atoms with van der Waals surface area (Å²) in [4.78, 5) is 14.8. The number of aryl methyl sites for hydroxylation is 2. The van der Waals surface area contributed by atoms with Crippen molar-refractivity contribution in [3.8, 4) is 5.75 Å². The second kappa shape index (κ2) is 6.19. The van der Waals surface area contributed by atoms with Gasteiger partial charge >= 0.3 is 0 Å². The maximum atomic E-state index is 13.0. The molecule has 0 radical (unpaired) electrons. The van der Waals surface area contributed by atoms with E-state index in [-0.39, 0.29) is 11.9 Å². The fourth-order valence-electron chi connectivity index (χ4n) is 3.36. The Morgan fingerprint density at radius 3 is 2.42 bits per heavy atom. The van der Waals surface area contributed by atoms with Gasteiger partial charge in [0.2, 0.25) is 0 Å². The highest BCUT2D eigenvalue weighted by atomic mass is 16.5. The summed E-state index contributed by atoms with van der Waals surface area (Å²) >= 11 is 0. The number of hydrogen-bond acceptors (Lipinski definition) is 3. The van der Waals surface area contributed by atoms with Crippen LogP contribution < -0.4 is 15.4 Å². The molecule has 2 aromatic rings. The molecule has 0 bridgehead atoms. The van der Waals surface area contributed by atoms with Gasteiger partial charge in [-0.2, -0.15) is 0 Å². The van der Waals surface area contributed by atoms with Gasteiger partial charge in [-0.1, -0.05) is 29.3 Å². The fraction of sp³-hybridized carbons (Fsp3) is 0.350. The van der Waals surface area contributed by atoms with Crippen LogP contribution in [0.15, 0.2) is 36.4 Å². The topological polar surface area (TPSA) is 55.6 Å². The van der Waals surface area contributed by atoms with Crippen molar-refractivity contribution in [3.63, 3.8) is 0 Å². The van der Waals surface area contributed by atoms with E-state index in [4.69, 9.17) is 10.5 Å². The van der Waals surface area contributed by atoms with Gasteiger partial charge in [-0.15, -0.1) is 0 Å². The maximum absolute atomic E-state index is 13.0. The van der Waals surface area contributed by atoms with Gasteiger partial charge in [0.1, 0.15) is 5.75 Å². The van der Waals surface area contributed by atoms with E-state index in [1.165, 1.54) is 11.1 Å². The second-order valence-corrected chi connectivity index (χ2v) is 6.84. The molecule has 0 fully saturated rings. The number of nitrogens with zero attached hydrogens (tertiary/aromatic N) is 1. The number of amides is 1. The Morgan fingerprint density at radius 2 is 1.79 bits per heavy atom. The molecule has 4 heteroatoms. The average molecular weight is 324 g/mol. The summed E-state index contributed by atoms with van der Waals surface area (Å²) in [7, 11) is 0. The molecule has 0 aromatic heterocycles. The first-order chi connectivity index (χ1) is 11.3. The largest absolute Gasteiger partial charge is 0.478 e. The molecule has 0 saturated carbocycles. The number of nitrogen functional groups attached to an aromatic ring is 1. The Labute approximate surface area is 143 Å². The highest BCUT2D eigenvalue weighted by Crippen LogP contribution is 2.37. The Kier molecular flexibility index (Phi) is 4.22. The minimum absolute atomic E-state index is 0.00132. The maximum Gasteiger partial charge on any atom is 0.268 e. The number of ether oxygens (including phenoxy) is 1. The molecule has 1 aliphatic rings. The number of benzene rings is 2.